The summed E-state index contributed by atoms with van der Waals surface area (Å²) in [6, 6.07) is 14.0. The average Bonchev–Trinajstić information content (AvgIpc) is 2.80. The van der Waals surface area contributed by atoms with Crippen LogP contribution in [0.4, 0.5) is 0 Å². The number of para-hydroxylation sites is 1. The van der Waals surface area contributed by atoms with Crippen molar-refractivity contribution in [2.45, 2.75) is 13.5 Å². The van der Waals surface area contributed by atoms with Gasteiger partial charge in [-0.1, -0.05) is 6.07 Å². The van der Waals surface area contributed by atoms with Crippen LogP contribution in [0.15, 0.2) is 59.7 Å². The number of nitrogens with zero attached hydrogens (tertiary/aromatic N) is 2. The van der Waals surface area contributed by atoms with Gasteiger partial charge in [-0.05, 0) is 43.3 Å². The fraction of sp³-hybridized carbons (Fsp3) is 0.261. The summed E-state index contributed by atoms with van der Waals surface area (Å²) in [5.74, 6) is 1.28. The van der Waals surface area contributed by atoms with Crippen LogP contribution in [-0.4, -0.2) is 42.8 Å². The summed E-state index contributed by atoms with van der Waals surface area (Å²) in [6.45, 7) is 3.05. The fourth-order valence-electron chi connectivity index (χ4n) is 3.09. The maximum Gasteiger partial charge on any atom is 0.255 e. The molecule has 1 amide bonds. The Hall–Kier alpha value is -3.81. The molecule has 3 rings (SSSR count). The molecule has 0 atom stereocenters. The smallest absolute Gasteiger partial charge is 0.255 e. The highest BCUT2D eigenvalue weighted by atomic mass is 16.5. The number of carbonyl (C=O) groups excluding carboxylic acids is 1. The zero-order valence-electron chi connectivity index (χ0n) is 17.8. The maximum absolute atomic E-state index is 12.5. The molecule has 0 aliphatic rings. The molecule has 0 saturated carbocycles. The molecule has 0 aliphatic heterocycles. The first kappa shape index (κ1) is 21.9. The first-order valence-electron chi connectivity index (χ1n) is 9.86. The van der Waals surface area contributed by atoms with Crippen LogP contribution in [0.2, 0.25) is 0 Å². The lowest BCUT2D eigenvalue weighted by atomic mass is 10.1. The Labute approximate surface area is 180 Å². The van der Waals surface area contributed by atoms with Crippen molar-refractivity contribution in [3.05, 3.63) is 70.8 Å². The molecular formula is C23H25N3O5. The molecule has 0 aliphatic carbocycles. The van der Waals surface area contributed by atoms with E-state index in [1.54, 1.807) is 18.2 Å². The van der Waals surface area contributed by atoms with E-state index >= 15 is 0 Å². The van der Waals surface area contributed by atoms with Crippen molar-refractivity contribution in [2.75, 3.05) is 27.4 Å². The van der Waals surface area contributed by atoms with Crippen molar-refractivity contribution in [1.82, 2.24) is 14.9 Å². The van der Waals surface area contributed by atoms with Crippen molar-refractivity contribution < 1.29 is 19.0 Å². The summed E-state index contributed by atoms with van der Waals surface area (Å²) in [6.07, 6.45) is 1.48. The molecule has 1 heterocycles. The van der Waals surface area contributed by atoms with Gasteiger partial charge in [0.2, 0.25) is 0 Å². The minimum atomic E-state index is -0.317. The van der Waals surface area contributed by atoms with Gasteiger partial charge >= 0.3 is 0 Å². The molecule has 0 radical (unpaired) electrons. The van der Waals surface area contributed by atoms with Crippen LogP contribution in [-0.2, 0) is 6.54 Å². The van der Waals surface area contributed by atoms with Gasteiger partial charge in [-0.15, -0.1) is 0 Å². The minimum absolute atomic E-state index is 0.202. The van der Waals surface area contributed by atoms with Gasteiger partial charge in [0.1, 0.15) is 5.75 Å². The van der Waals surface area contributed by atoms with Gasteiger partial charge in [0, 0.05) is 24.7 Å². The molecule has 31 heavy (non-hydrogen) atoms. The van der Waals surface area contributed by atoms with E-state index < -0.39 is 0 Å². The lowest BCUT2D eigenvalue weighted by Crippen LogP contribution is -2.31. The SMILES string of the molecule is CCOc1ccc(-c2cc(=O)n(CCNC(=O)c3cccc(OC)c3OC)cn2)cc1. The lowest BCUT2D eigenvalue weighted by molar-refractivity contribution is 0.0948. The number of methoxy groups -OCH3 is 2. The Kier molecular flexibility index (Phi) is 7.26. The predicted octanol–water partition coefficient (Wildman–Crippen LogP) is 2.76. The van der Waals surface area contributed by atoms with Gasteiger partial charge < -0.3 is 19.5 Å². The number of amides is 1. The van der Waals surface area contributed by atoms with Crippen LogP contribution in [0.5, 0.6) is 17.2 Å². The topological polar surface area (TPSA) is 91.7 Å². The molecule has 0 unspecified atom stereocenters. The number of ether oxygens (including phenoxy) is 3. The second-order valence-electron chi connectivity index (χ2n) is 6.56. The van der Waals surface area contributed by atoms with E-state index in [0.29, 0.717) is 29.4 Å². The molecule has 0 bridgehead atoms. The van der Waals surface area contributed by atoms with E-state index in [0.717, 1.165) is 11.3 Å². The average molecular weight is 423 g/mol. The van der Waals surface area contributed by atoms with E-state index in [4.69, 9.17) is 14.2 Å². The Morgan fingerprint density at radius 1 is 1.10 bits per heavy atom. The van der Waals surface area contributed by atoms with Crippen molar-refractivity contribution in [2.24, 2.45) is 0 Å². The van der Waals surface area contributed by atoms with Crippen molar-refractivity contribution in [1.29, 1.82) is 0 Å². The number of aromatic nitrogens is 2. The third-order valence-corrected chi connectivity index (χ3v) is 4.63. The normalized spacial score (nSPS) is 10.4. The zero-order chi connectivity index (χ0) is 22.2. The van der Waals surface area contributed by atoms with Crippen molar-refractivity contribution >= 4 is 5.91 Å². The second-order valence-corrected chi connectivity index (χ2v) is 6.56. The summed E-state index contributed by atoms with van der Waals surface area (Å²) in [5, 5.41) is 2.79. The van der Waals surface area contributed by atoms with Crippen LogP contribution in [0.3, 0.4) is 0 Å². The van der Waals surface area contributed by atoms with E-state index in [1.165, 1.54) is 31.2 Å². The molecule has 0 saturated heterocycles. The molecule has 3 aromatic rings. The van der Waals surface area contributed by atoms with Gasteiger partial charge in [-0.2, -0.15) is 0 Å². The van der Waals surface area contributed by atoms with E-state index in [2.05, 4.69) is 10.3 Å². The van der Waals surface area contributed by atoms with Gasteiger partial charge in [0.05, 0.1) is 38.4 Å². The van der Waals surface area contributed by atoms with Gasteiger partial charge in [-0.25, -0.2) is 4.98 Å². The zero-order valence-corrected chi connectivity index (χ0v) is 17.8. The Balaban J connectivity index is 1.64. The lowest BCUT2D eigenvalue weighted by Gasteiger charge is -2.13. The number of nitrogens with one attached hydrogen (secondary N) is 1. The Bertz CT molecular complexity index is 1090. The molecule has 8 heteroatoms. The molecule has 0 fully saturated rings. The first-order chi connectivity index (χ1) is 15.1. The van der Waals surface area contributed by atoms with E-state index in [9.17, 15) is 9.59 Å². The van der Waals surface area contributed by atoms with Crippen LogP contribution in [0.25, 0.3) is 11.3 Å². The molecule has 1 aromatic heterocycles. The summed E-state index contributed by atoms with van der Waals surface area (Å²) < 4.78 is 17.4. The van der Waals surface area contributed by atoms with Crippen LogP contribution >= 0.6 is 0 Å². The third-order valence-electron chi connectivity index (χ3n) is 4.63. The highest BCUT2D eigenvalue weighted by molar-refractivity contribution is 5.97. The minimum Gasteiger partial charge on any atom is -0.494 e. The van der Waals surface area contributed by atoms with Crippen molar-refractivity contribution in [3.8, 4) is 28.5 Å². The highest BCUT2D eigenvalue weighted by Gasteiger charge is 2.16. The molecule has 2 aromatic carbocycles. The number of hydrogen-bond donors (Lipinski definition) is 1. The molecule has 1 N–H and O–H groups in total. The van der Waals surface area contributed by atoms with Gasteiger partial charge in [0.15, 0.2) is 11.5 Å². The summed E-state index contributed by atoms with van der Waals surface area (Å²) >= 11 is 0. The molecule has 162 valence electrons. The fourth-order valence-corrected chi connectivity index (χ4v) is 3.09. The number of benzene rings is 2. The monoisotopic (exact) mass is 423 g/mol. The predicted molar refractivity (Wildman–Crippen MR) is 117 cm³/mol. The number of hydrogen-bond acceptors (Lipinski definition) is 6. The number of rotatable bonds is 9. The standard InChI is InChI=1S/C23H25N3O5/c1-4-31-17-10-8-16(9-11-17)19-14-21(27)26(15-25-19)13-12-24-23(28)18-6-5-7-20(29-2)22(18)30-3/h5-11,14-15H,4,12-13H2,1-3H3,(H,24,28). The summed E-state index contributed by atoms with van der Waals surface area (Å²) in [4.78, 5) is 29.3. The van der Waals surface area contributed by atoms with E-state index in [1.807, 2.05) is 31.2 Å². The first-order valence-corrected chi connectivity index (χ1v) is 9.86. The van der Waals surface area contributed by atoms with Gasteiger partial charge in [0.25, 0.3) is 11.5 Å². The number of carbonyl (C=O) groups is 1. The quantitative estimate of drug-likeness (QED) is 0.569. The third kappa shape index (κ3) is 5.22. The van der Waals surface area contributed by atoms with E-state index in [-0.39, 0.29) is 24.6 Å². The molecular weight excluding hydrogens is 398 g/mol. The van der Waals surface area contributed by atoms with Crippen LogP contribution in [0, 0.1) is 0 Å². The summed E-state index contributed by atoms with van der Waals surface area (Å²) in [5.41, 5.74) is 1.56. The maximum atomic E-state index is 12.5. The van der Waals surface area contributed by atoms with Crippen LogP contribution < -0.4 is 25.1 Å². The molecule has 0 spiro atoms. The summed E-state index contributed by atoms with van der Waals surface area (Å²) in [7, 11) is 2.99. The second kappa shape index (κ2) is 10.3. The highest BCUT2D eigenvalue weighted by Crippen LogP contribution is 2.30. The van der Waals surface area contributed by atoms with Crippen LogP contribution in [0.1, 0.15) is 17.3 Å². The van der Waals surface area contributed by atoms with Gasteiger partial charge in [-0.3, -0.25) is 14.2 Å². The molecule has 8 nitrogen and oxygen atoms in total. The Morgan fingerprint density at radius 3 is 2.52 bits per heavy atom. The van der Waals surface area contributed by atoms with Crippen molar-refractivity contribution in [3.63, 3.8) is 0 Å². The largest absolute Gasteiger partial charge is 0.494 e. The Morgan fingerprint density at radius 2 is 1.87 bits per heavy atom.